The first kappa shape index (κ1) is 15.3. The number of fused-ring (bicyclic) bond motifs is 1. The molecule has 3 heterocycles. The van der Waals surface area contributed by atoms with Gasteiger partial charge in [0.15, 0.2) is 0 Å². The molecule has 2 aromatic heterocycles. The standard InChI is InChI=1S/C17H16FN3O2S/c18-12-4-1-5-13(10-12)24(22,23)21-11-14(15-6-2-8-19-15)17-16(21)7-3-9-20-17/h1,3-5,7,9-11,15,19H,2,6,8H2. The van der Waals surface area contributed by atoms with Crippen molar-refractivity contribution < 1.29 is 12.8 Å². The summed E-state index contributed by atoms with van der Waals surface area (Å²) in [4.78, 5) is 4.30. The van der Waals surface area contributed by atoms with Crippen molar-refractivity contribution in [2.45, 2.75) is 23.8 Å². The van der Waals surface area contributed by atoms with Gasteiger partial charge in [0, 0.05) is 24.0 Å². The van der Waals surface area contributed by atoms with E-state index >= 15 is 0 Å². The van der Waals surface area contributed by atoms with Gasteiger partial charge in [0.25, 0.3) is 10.0 Å². The molecular formula is C17H16FN3O2S. The molecule has 1 saturated heterocycles. The predicted octanol–water partition coefficient (Wildman–Crippen LogP) is 2.84. The number of aromatic nitrogens is 2. The zero-order chi connectivity index (χ0) is 16.7. The van der Waals surface area contributed by atoms with Crippen LogP contribution in [0.4, 0.5) is 4.39 Å². The lowest BCUT2D eigenvalue weighted by atomic mass is 10.1. The summed E-state index contributed by atoms with van der Waals surface area (Å²) in [5.74, 6) is -0.580. The molecule has 0 radical (unpaired) electrons. The van der Waals surface area contributed by atoms with E-state index in [1.165, 1.54) is 22.2 Å². The first-order valence-corrected chi connectivity index (χ1v) is 9.22. The maximum absolute atomic E-state index is 13.5. The summed E-state index contributed by atoms with van der Waals surface area (Å²) in [6.45, 7) is 0.904. The van der Waals surface area contributed by atoms with Crippen LogP contribution in [0.3, 0.4) is 0 Å². The van der Waals surface area contributed by atoms with Crippen LogP contribution < -0.4 is 5.32 Å². The van der Waals surface area contributed by atoms with Gasteiger partial charge in [-0.25, -0.2) is 16.8 Å². The fraction of sp³-hybridized carbons (Fsp3) is 0.235. The summed E-state index contributed by atoms with van der Waals surface area (Å²) in [6, 6.07) is 8.56. The highest BCUT2D eigenvalue weighted by molar-refractivity contribution is 7.90. The van der Waals surface area contributed by atoms with Crippen LogP contribution in [0.2, 0.25) is 0 Å². The summed E-state index contributed by atoms with van der Waals surface area (Å²) in [5.41, 5.74) is 2.03. The van der Waals surface area contributed by atoms with Crippen LogP contribution in [0.1, 0.15) is 24.4 Å². The van der Waals surface area contributed by atoms with Crippen LogP contribution in [-0.2, 0) is 10.0 Å². The topological polar surface area (TPSA) is 64.0 Å². The Kier molecular flexibility index (Phi) is 3.62. The van der Waals surface area contributed by atoms with E-state index in [9.17, 15) is 12.8 Å². The zero-order valence-corrected chi connectivity index (χ0v) is 13.6. The molecule has 3 aromatic rings. The minimum atomic E-state index is -3.89. The molecule has 1 unspecified atom stereocenters. The SMILES string of the molecule is O=S(=O)(c1cccc(F)c1)n1cc(C2CCCN2)c2ncccc21. The van der Waals surface area contributed by atoms with Crippen molar-refractivity contribution in [1.29, 1.82) is 0 Å². The lowest BCUT2D eigenvalue weighted by Gasteiger charge is -2.08. The number of benzene rings is 1. The second-order valence-electron chi connectivity index (χ2n) is 5.86. The van der Waals surface area contributed by atoms with E-state index in [4.69, 9.17) is 0 Å². The van der Waals surface area contributed by atoms with Crippen molar-refractivity contribution in [1.82, 2.24) is 14.3 Å². The van der Waals surface area contributed by atoms with Crippen LogP contribution in [-0.4, -0.2) is 23.9 Å². The highest BCUT2D eigenvalue weighted by Gasteiger charge is 2.26. The van der Waals surface area contributed by atoms with E-state index in [2.05, 4.69) is 10.3 Å². The van der Waals surface area contributed by atoms with Crippen LogP contribution >= 0.6 is 0 Å². The molecular weight excluding hydrogens is 329 g/mol. The first-order chi connectivity index (χ1) is 11.6. The van der Waals surface area contributed by atoms with E-state index in [1.54, 1.807) is 24.5 Å². The van der Waals surface area contributed by atoms with Gasteiger partial charge in [0.1, 0.15) is 5.82 Å². The van der Waals surface area contributed by atoms with Gasteiger partial charge < -0.3 is 5.32 Å². The minimum Gasteiger partial charge on any atom is -0.310 e. The molecule has 0 bridgehead atoms. The molecule has 1 N–H and O–H groups in total. The quantitative estimate of drug-likeness (QED) is 0.793. The highest BCUT2D eigenvalue weighted by atomic mass is 32.2. The first-order valence-electron chi connectivity index (χ1n) is 7.78. The number of hydrogen-bond donors (Lipinski definition) is 1. The van der Waals surface area contributed by atoms with Gasteiger partial charge in [-0.3, -0.25) is 4.98 Å². The Morgan fingerprint density at radius 2 is 2.12 bits per heavy atom. The average Bonchev–Trinajstić information content (AvgIpc) is 3.22. The Balaban J connectivity index is 1.93. The van der Waals surface area contributed by atoms with Crippen LogP contribution in [0, 0.1) is 5.82 Å². The van der Waals surface area contributed by atoms with Gasteiger partial charge in [-0.05, 0) is 49.7 Å². The van der Waals surface area contributed by atoms with E-state index in [0.717, 1.165) is 31.0 Å². The van der Waals surface area contributed by atoms with Crippen LogP contribution in [0.25, 0.3) is 11.0 Å². The van der Waals surface area contributed by atoms with Gasteiger partial charge >= 0.3 is 0 Å². The van der Waals surface area contributed by atoms with Gasteiger partial charge in [-0.15, -0.1) is 0 Å². The highest BCUT2D eigenvalue weighted by Crippen LogP contribution is 2.32. The molecule has 0 aliphatic carbocycles. The maximum atomic E-state index is 13.5. The average molecular weight is 345 g/mol. The number of nitrogens with zero attached hydrogens (tertiary/aromatic N) is 2. The molecule has 1 aromatic carbocycles. The predicted molar refractivity (Wildman–Crippen MR) is 88.7 cm³/mol. The molecule has 1 fully saturated rings. The molecule has 24 heavy (non-hydrogen) atoms. The minimum absolute atomic E-state index is 0.0748. The monoisotopic (exact) mass is 345 g/mol. The van der Waals surface area contributed by atoms with E-state index in [-0.39, 0.29) is 10.9 Å². The molecule has 5 nitrogen and oxygen atoms in total. The normalized spacial score (nSPS) is 18.3. The molecule has 7 heteroatoms. The van der Waals surface area contributed by atoms with Crippen LogP contribution in [0.5, 0.6) is 0 Å². The van der Waals surface area contributed by atoms with Gasteiger partial charge in [-0.2, -0.15) is 0 Å². The zero-order valence-electron chi connectivity index (χ0n) is 12.8. The largest absolute Gasteiger partial charge is 0.310 e. The molecule has 1 atom stereocenters. The molecule has 124 valence electrons. The smallest absolute Gasteiger partial charge is 0.268 e. The van der Waals surface area contributed by atoms with E-state index < -0.39 is 15.8 Å². The molecule has 1 aliphatic heterocycles. The number of nitrogens with one attached hydrogen (secondary N) is 1. The lowest BCUT2D eigenvalue weighted by molar-refractivity contribution is 0.583. The summed E-state index contributed by atoms with van der Waals surface area (Å²) in [7, 11) is -3.89. The van der Waals surface area contributed by atoms with Crippen molar-refractivity contribution >= 4 is 21.1 Å². The van der Waals surface area contributed by atoms with Crippen molar-refractivity contribution in [3.05, 3.63) is 60.2 Å². The van der Waals surface area contributed by atoms with Gasteiger partial charge in [-0.1, -0.05) is 6.07 Å². The number of rotatable bonds is 3. The van der Waals surface area contributed by atoms with Gasteiger partial charge in [0.2, 0.25) is 0 Å². The van der Waals surface area contributed by atoms with E-state index in [1.807, 2.05) is 0 Å². The molecule has 1 aliphatic rings. The Hall–Kier alpha value is -2.25. The number of pyridine rings is 1. The van der Waals surface area contributed by atoms with Crippen molar-refractivity contribution in [2.75, 3.05) is 6.54 Å². The van der Waals surface area contributed by atoms with E-state index in [0.29, 0.717) is 11.0 Å². The second-order valence-corrected chi connectivity index (χ2v) is 7.68. The Morgan fingerprint density at radius 3 is 2.88 bits per heavy atom. The third-order valence-corrected chi connectivity index (χ3v) is 6.01. The van der Waals surface area contributed by atoms with Crippen molar-refractivity contribution in [3.8, 4) is 0 Å². The summed E-state index contributed by atoms with van der Waals surface area (Å²) < 4.78 is 40.6. The Labute approximate surface area is 139 Å². The fourth-order valence-corrected chi connectivity index (χ4v) is 4.60. The number of hydrogen-bond acceptors (Lipinski definition) is 4. The van der Waals surface area contributed by atoms with Gasteiger partial charge in [0.05, 0.1) is 15.9 Å². The Morgan fingerprint density at radius 1 is 1.25 bits per heavy atom. The summed E-state index contributed by atoms with van der Waals surface area (Å²) in [6.07, 6.45) is 5.25. The third kappa shape index (κ3) is 2.40. The Bertz CT molecular complexity index is 1010. The van der Waals surface area contributed by atoms with Crippen molar-refractivity contribution in [3.63, 3.8) is 0 Å². The lowest BCUT2D eigenvalue weighted by Crippen LogP contribution is -2.14. The fourth-order valence-electron chi connectivity index (χ4n) is 3.20. The van der Waals surface area contributed by atoms with Crippen molar-refractivity contribution in [2.24, 2.45) is 0 Å². The summed E-state index contributed by atoms with van der Waals surface area (Å²) >= 11 is 0. The summed E-state index contributed by atoms with van der Waals surface area (Å²) in [5, 5.41) is 3.37. The molecule has 0 saturated carbocycles. The van der Waals surface area contributed by atoms with Crippen LogP contribution in [0.15, 0.2) is 53.7 Å². The molecule has 0 amide bonds. The maximum Gasteiger partial charge on any atom is 0.268 e. The third-order valence-electron chi connectivity index (χ3n) is 4.34. The number of halogens is 1. The molecule has 4 rings (SSSR count). The molecule has 0 spiro atoms. The second kappa shape index (κ2) is 5.68.